The van der Waals surface area contributed by atoms with Gasteiger partial charge in [0, 0.05) is 0 Å². The number of rotatable bonds is 7. The summed E-state index contributed by atoms with van der Waals surface area (Å²) in [7, 11) is 0. The van der Waals surface area contributed by atoms with E-state index in [0.717, 1.165) is 24.0 Å². The first-order chi connectivity index (χ1) is 11.1. The van der Waals surface area contributed by atoms with E-state index in [1.807, 2.05) is 38.1 Å². The Labute approximate surface area is 135 Å². The standard InChI is InChI=1S/C19H20O4/c1-3-4-13-22-19(21)18-12-11-17(23-18)16(20)10-9-15-7-5-14(2)6-8-15/h5-12H,3-4,13H2,1-2H3. The van der Waals surface area contributed by atoms with Crippen LogP contribution in [0.2, 0.25) is 0 Å². The molecular formula is C19H20O4. The molecule has 0 atom stereocenters. The first-order valence-electron chi connectivity index (χ1n) is 7.66. The second kappa shape index (κ2) is 8.13. The number of carbonyl (C=O) groups excluding carboxylic acids is 2. The topological polar surface area (TPSA) is 56.5 Å². The third-order valence-electron chi connectivity index (χ3n) is 3.29. The third kappa shape index (κ3) is 4.95. The molecule has 4 nitrogen and oxygen atoms in total. The fraction of sp³-hybridized carbons (Fsp3) is 0.263. The highest BCUT2D eigenvalue weighted by Gasteiger charge is 2.15. The SMILES string of the molecule is CCCCOC(=O)c1ccc(C(=O)C=Cc2ccc(C)cc2)o1. The zero-order valence-corrected chi connectivity index (χ0v) is 13.4. The van der Waals surface area contributed by atoms with Crippen LogP contribution < -0.4 is 0 Å². The van der Waals surface area contributed by atoms with Gasteiger partial charge in [-0.05, 0) is 37.1 Å². The number of ketones is 1. The quantitative estimate of drug-likeness (QED) is 0.328. The Hall–Kier alpha value is -2.62. The zero-order chi connectivity index (χ0) is 16.7. The van der Waals surface area contributed by atoms with E-state index in [1.165, 1.54) is 18.2 Å². The lowest BCUT2D eigenvalue weighted by Gasteiger charge is -2.00. The molecule has 4 heteroatoms. The monoisotopic (exact) mass is 312 g/mol. The number of hydrogen-bond acceptors (Lipinski definition) is 4. The summed E-state index contributed by atoms with van der Waals surface area (Å²) in [5, 5.41) is 0. The van der Waals surface area contributed by atoms with Crippen LogP contribution >= 0.6 is 0 Å². The minimum Gasteiger partial charge on any atom is -0.460 e. The summed E-state index contributed by atoms with van der Waals surface area (Å²) in [5.41, 5.74) is 2.08. The Bertz CT molecular complexity index is 692. The number of esters is 1. The predicted molar refractivity (Wildman–Crippen MR) is 88.4 cm³/mol. The van der Waals surface area contributed by atoms with Gasteiger partial charge in [-0.25, -0.2) is 4.79 Å². The lowest BCUT2D eigenvalue weighted by molar-refractivity contribution is 0.0462. The minimum atomic E-state index is -0.542. The Balaban J connectivity index is 1.97. The van der Waals surface area contributed by atoms with Crippen molar-refractivity contribution in [3.8, 4) is 0 Å². The van der Waals surface area contributed by atoms with Crippen LogP contribution in [-0.2, 0) is 4.74 Å². The summed E-state index contributed by atoms with van der Waals surface area (Å²) >= 11 is 0. The largest absolute Gasteiger partial charge is 0.460 e. The Morgan fingerprint density at radius 2 is 1.78 bits per heavy atom. The number of hydrogen-bond donors (Lipinski definition) is 0. The number of ether oxygens (including phenoxy) is 1. The maximum absolute atomic E-state index is 12.0. The van der Waals surface area contributed by atoms with Crippen molar-refractivity contribution in [1.29, 1.82) is 0 Å². The molecule has 0 radical (unpaired) electrons. The molecule has 120 valence electrons. The maximum Gasteiger partial charge on any atom is 0.374 e. The average Bonchev–Trinajstić information content (AvgIpc) is 3.04. The van der Waals surface area contributed by atoms with E-state index in [2.05, 4.69) is 0 Å². The molecule has 1 aromatic carbocycles. The van der Waals surface area contributed by atoms with Gasteiger partial charge in [-0.2, -0.15) is 0 Å². The van der Waals surface area contributed by atoms with Gasteiger partial charge in [0.2, 0.25) is 11.5 Å². The molecule has 0 aliphatic heterocycles. The Kier molecular flexibility index (Phi) is 5.92. The van der Waals surface area contributed by atoms with Crippen molar-refractivity contribution in [1.82, 2.24) is 0 Å². The number of benzene rings is 1. The van der Waals surface area contributed by atoms with Crippen molar-refractivity contribution in [2.24, 2.45) is 0 Å². The fourth-order valence-corrected chi connectivity index (χ4v) is 1.89. The molecule has 1 aromatic heterocycles. The average molecular weight is 312 g/mol. The molecule has 0 saturated heterocycles. The normalized spacial score (nSPS) is 10.9. The van der Waals surface area contributed by atoms with Gasteiger partial charge >= 0.3 is 5.97 Å². The van der Waals surface area contributed by atoms with Crippen LogP contribution in [0.1, 0.15) is 52.0 Å². The van der Waals surface area contributed by atoms with Crippen molar-refractivity contribution in [3.63, 3.8) is 0 Å². The van der Waals surface area contributed by atoms with Crippen molar-refractivity contribution in [2.75, 3.05) is 6.61 Å². The minimum absolute atomic E-state index is 0.0492. The van der Waals surface area contributed by atoms with Gasteiger partial charge in [0.25, 0.3) is 0 Å². The molecule has 0 unspecified atom stereocenters. The summed E-state index contributed by atoms with van der Waals surface area (Å²) in [5.74, 6) is -0.665. The molecule has 2 rings (SSSR count). The molecule has 23 heavy (non-hydrogen) atoms. The van der Waals surface area contributed by atoms with Gasteiger partial charge in [-0.3, -0.25) is 4.79 Å². The highest BCUT2D eigenvalue weighted by molar-refractivity contribution is 6.05. The van der Waals surface area contributed by atoms with Gasteiger partial charge in [-0.1, -0.05) is 49.2 Å². The van der Waals surface area contributed by atoms with Crippen molar-refractivity contribution in [2.45, 2.75) is 26.7 Å². The predicted octanol–water partition coefficient (Wildman–Crippen LogP) is 4.44. The Morgan fingerprint density at radius 3 is 2.48 bits per heavy atom. The summed E-state index contributed by atoms with van der Waals surface area (Å²) in [6.45, 7) is 4.37. The van der Waals surface area contributed by atoms with Crippen molar-refractivity contribution in [3.05, 3.63) is 65.1 Å². The van der Waals surface area contributed by atoms with E-state index in [-0.39, 0.29) is 17.3 Å². The first-order valence-corrected chi connectivity index (χ1v) is 7.66. The molecule has 0 spiro atoms. The lowest BCUT2D eigenvalue weighted by Crippen LogP contribution is -2.05. The van der Waals surface area contributed by atoms with E-state index < -0.39 is 5.97 Å². The van der Waals surface area contributed by atoms with Crippen molar-refractivity contribution >= 4 is 17.8 Å². The fourth-order valence-electron chi connectivity index (χ4n) is 1.89. The van der Waals surface area contributed by atoms with Gasteiger partial charge in [0.05, 0.1) is 6.61 Å². The number of aryl methyl sites for hydroxylation is 1. The summed E-state index contributed by atoms with van der Waals surface area (Å²) < 4.78 is 10.3. The number of carbonyl (C=O) groups is 2. The molecule has 0 saturated carbocycles. The molecule has 0 aliphatic carbocycles. The first kappa shape index (κ1) is 16.7. The number of allylic oxidation sites excluding steroid dienone is 1. The molecular weight excluding hydrogens is 292 g/mol. The highest BCUT2D eigenvalue weighted by Crippen LogP contribution is 2.12. The zero-order valence-electron chi connectivity index (χ0n) is 13.4. The smallest absolute Gasteiger partial charge is 0.374 e. The molecule has 0 bridgehead atoms. The molecule has 2 aromatic rings. The van der Waals surface area contributed by atoms with E-state index in [9.17, 15) is 9.59 Å². The second-order valence-corrected chi connectivity index (χ2v) is 5.26. The molecule has 1 heterocycles. The van der Waals surface area contributed by atoms with Crippen molar-refractivity contribution < 1.29 is 18.7 Å². The van der Waals surface area contributed by atoms with Crippen LogP contribution in [0, 0.1) is 6.92 Å². The molecule has 0 aliphatic rings. The second-order valence-electron chi connectivity index (χ2n) is 5.26. The van der Waals surface area contributed by atoms with Crippen LogP contribution in [0.3, 0.4) is 0 Å². The van der Waals surface area contributed by atoms with E-state index in [0.29, 0.717) is 6.61 Å². The highest BCUT2D eigenvalue weighted by atomic mass is 16.5. The number of unbranched alkanes of at least 4 members (excludes halogenated alkanes) is 1. The van der Waals surface area contributed by atoms with Crippen LogP contribution in [0.5, 0.6) is 0 Å². The van der Waals surface area contributed by atoms with Crippen LogP contribution in [0.4, 0.5) is 0 Å². The third-order valence-corrected chi connectivity index (χ3v) is 3.29. The van der Waals surface area contributed by atoms with Gasteiger partial charge in [0.1, 0.15) is 0 Å². The Morgan fingerprint density at radius 1 is 1.09 bits per heavy atom. The van der Waals surface area contributed by atoms with Crippen LogP contribution in [0.25, 0.3) is 6.08 Å². The van der Waals surface area contributed by atoms with Gasteiger partial charge < -0.3 is 9.15 Å². The summed E-state index contributed by atoms with van der Waals surface area (Å²) in [6, 6.07) is 10.7. The van der Waals surface area contributed by atoms with Gasteiger partial charge in [-0.15, -0.1) is 0 Å². The maximum atomic E-state index is 12.0. The summed E-state index contributed by atoms with van der Waals surface area (Å²) in [4.78, 5) is 23.8. The summed E-state index contributed by atoms with van der Waals surface area (Å²) in [6.07, 6.45) is 4.88. The molecule has 0 N–H and O–H groups in total. The van der Waals surface area contributed by atoms with Crippen LogP contribution in [0.15, 0.2) is 46.9 Å². The molecule has 0 amide bonds. The lowest BCUT2D eigenvalue weighted by atomic mass is 10.1. The van der Waals surface area contributed by atoms with Crippen LogP contribution in [-0.4, -0.2) is 18.4 Å². The van der Waals surface area contributed by atoms with E-state index in [4.69, 9.17) is 9.15 Å². The number of furan rings is 1. The molecule has 0 fully saturated rings. The van der Waals surface area contributed by atoms with E-state index >= 15 is 0 Å². The van der Waals surface area contributed by atoms with Gasteiger partial charge in [0.15, 0.2) is 5.76 Å². The van der Waals surface area contributed by atoms with E-state index in [1.54, 1.807) is 6.08 Å².